The second-order valence-electron chi connectivity index (χ2n) is 6.44. The summed E-state index contributed by atoms with van der Waals surface area (Å²) >= 11 is 5.96. The zero-order valence-electron chi connectivity index (χ0n) is 16.1. The summed E-state index contributed by atoms with van der Waals surface area (Å²) in [5.41, 5.74) is 0.693. The highest BCUT2D eigenvalue weighted by Crippen LogP contribution is 2.24. The van der Waals surface area contributed by atoms with E-state index in [1.807, 2.05) is 0 Å². The predicted molar refractivity (Wildman–Crippen MR) is 117 cm³/mol. The number of nitrogens with one attached hydrogen (secondary N) is 3. The van der Waals surface area contributed by atoms with Gasteiger partial charge in [-0.05, 0) is 54.6 Å². The third-order valence-electron chi connectivity index (χ3n) is 4.08. The minimum atomic E-state index is -4.09. The van der Waals surface area contributed by atoms with Gasteiger partial charge in [0.2, 0.25) is 5.91 Å². The normalized spacial score (nSPS) is 10.9. The number of rotatable bonds is 6. The number of hydrogen-bond acceptors (Lipinski definition) is 4. The molecule has 0 aliphatic carbocycles. The minimum absolute atomic E-state index is 0.157. The third-order valence-corrected chi connectivity index (χ3v) is 5.78. The quantitative estimate of drug-likeness (QED) is 0.503. The first kappa shape index (κ1) is 22.3. The monoisotopic (exact) mass is 461 g/mol. The van der Waals surface area contributed by atoms with Gasteiger partial charge in [0.1, 0.15) is 5.82 Å². The molecule has 0 heterocycles. The first-order chi connectivity index (χ1) is 14.7. The summed E-state index contributed by atoms with van der Waals surface area (Å²) in [5, 5.41) is 5.13. The number of amides is 2. The van der Waals surface area contributed by atoms with Crippen LogP contribution < -0.4 is 15.4 Å². The van der Waals surface area contributed by atoms with Gasteiger partial charge in [-0.3, -0.25) is 14.3 Å². The van der Waals surface area contributed by atoms with E-state index in [0.717, 1.165) is 12.1 Å². The Bertz CT molecular complexity index is 1250. The van der Waals surface area contributed by atoms with Crippen LogP contribution in [-0.4, -0.2) is 20.2 Å². The summed E-state index contributed by atoms with van der Waals surface area (Å²) in [6.45, 7) is 1.35. The molecule has 0 fully saturated rings. The Morgan fingerprint density at radius 1 is 0.903 bits per heavy atom. The zero-order valence-corrected chi connectivity index (χ0v) is 17.7. The summed E-state index contributed by atoms with van der Waals surface area (Å²) in [6, 6.07) is 15.3. The molecular formula is C21H17ClFN3O4S. The molecule has 0 bridgehead atoms. The van der Waals surface area contributed by atoms with E-state index >= 15 is 0 Å². The van der Waals surface area contributed by atoms with E-state index in [1.165, 1.54) is 49.4 Å². The summed E-state index contributed by atoms with van der Waals surface area (Å²) < 4.78 is 41.9. The molecule has 3 rings (SSSR count). The first-order valence-electron chi connectivity index (χ1n) is 8.91. The molecule has 0 aromatic heterocycles. The summed E-state index contributed by atoms with van der Waals surface area (Å²) in [4.78, 5) is 23.0. The van der Waals surface area contributed by atoms with Gasteiger partial charge in [0, 0.05) is 18.3 Å². The SMILES string of the molecule is CC(=O)Nc1ccc(NS(=O)(=O)c2ccc(NC(=O)c3ccccc3Cl)c(F)c2)cc1. The third kappa shape index (κ3) is 5.59. The van der Waals surface area contributed by atoms with Crippen LogP contribution in [0.5, 0.6) is 0 Å². The summed E-state index contributed by atoms with van der Waals surface area (Å²) in [6.07, 6.45) is 0. The standard InChI is InChI=1S/C21H17ClFN3O4S/c1-13(27)24-14-6-8-15(9-7-14)26-31(29,30)16-10-11-20(19(23)12-16)25-21(28)17-4-2-3-5-18(17)22/h2-12,26H,1H3,(H,24,27)(H,25,28). The molecule has 3 aromatic rings. The molecule has 0 atom stereocenters. The Hall–Kier alpha value is -3.43. The maximum Gasteiger partial charge on any atom is 0.261 e. The van der Waals surface area contributed by atoms with Gasteiger partial charge < -0.3 is 10.6 Å². The Kier molecular flexibility index (Phi) is 6.57. The van der Waals surface area contributed by atoms with Crippen molar-refractivity contribution in [3.63, 3.8) is 0 Å². The fraction of sp³-hybridized carbons (Fsp3) is 0.0476. The van der Waals surface area contributed by atoms with Gasteiger partial charge in [-0.25, -0.2) is 12.8 Å². The average molecular weight is 462 g/mol. The van der Waals surface area contributed by atoms with E-state index < -0.39 is 21.7 Å². The molecule has 3 aromatic carbocycles. The fourth-order valence-electron chi connectivity index (χ4n) is 2.64. The topological polar surface area (TPSA) is 104 Å². The lowest BCUT2D eigenvalue weighted by Crippen LogP contribution is -2.16. The van der Waals surface area contributed by atoms with Crippen molar-refractivity contribution in [3.8, 4) is 0 Å². The first-order valence-corrected chi connectivity index (χ1v) is 10.8. The molecule has 31 heavy (non-hydrogen) atoms. The van der Waals surface area contributed by atoms with Crippen LogP contribution >= 0.6 is 11.6 Å². The molecular weight excluding hydrogens is 445 g/mol. The number of halogens is 2. The van der Waals surface area contributed by atoms with Crippen LogP contribution in [-0.2, 0) is 14.8 Å². The van der Waals surface area contributed by atoms with E-state index in [9.17, 15) is 22.4 Å². The molecule has 0 aliphatic rings. The molecule has 7 nitrogen and oxygen atoms in total. The van der Waals surface area contributed by atoms with Crippen LogP contribution in [0.3, 0.4) is 0 Å². The largest absolute Gasteiger partial charge is 0.326 e. The number of benzene rings is 3. The molecule has 10 heteroatoms. The molecule has 0 aliphatic heterocycles. The molecule has 0 spiro atoms. The van der Waals surface area contributed by atoms with Crippen molar-refractivity contribution in [2.45, 2.75) is 11.8 Å². The minimum Gasteiger partial charge on any atom is -0.326 e. The van der Waals surface area contributed by atoms with Crippen LogP contribution in [0.4, 0.5) is 21.5 Å². The van der Waals surface area contributed by atoms with Crippen LogP contribution in [0, 0.1) is 5.82 Å². The second-order valence-corrected chi connectivity index (χ2v) is 8.53. The Morgan fingerprint density at radius 2 is 1.55 bits per heavy atom. The van der Waals surface area contributed by atoms with Crippen molar-refractivity contribution < 1.29 is 22.4 Å². The molecule has 3 N–H and O–H groups in total. The van der Waals surface area contributed by atoms with Crippen molar-refractivity contribution in [2.24, 2.45) is 0 Å². The number of carbonyl (C=O) groups excluding carboxylic acids is 2. The Labute approximate surface area is 183 Å². The van der Waals surface area contributed by atoms with Crippen molar-refractivity contribution in [2.75, 3.05) is 15.4 Å². The molecule has 0 saturated carbocycles. The second kappa shape index (κ2) is 9.15. The highest BCUT2D eigenvalue weighted by atomic mass is 35.5. The van der Waals surface area contributed by atoms with E-state index in [1.54, 1.807) is 12.1 Å². The summed E-state index contributed by atoms with van der Waals surface area (Å²) in [5.74, 6) is -1.81. The summed E-state index contributed by atoms with van der Waals surface area (Å²) in [7, 11) is -4.09. The fourth-order valence-corrected chi connectivity index (χ4v) is 3.93. The molecule has 160 valence electrons. The highest BCUT2D eigenvalue weighted by Gasteiger charge is 2.18. The van der Waals surface area contributed by atoms with Crippen molar-refractivity contribution in [1.82, 2.24) is 0 Å². The van der Waals surface area contributed by atoms with E-state index in [2.05, 4.69) is 15.4 Å². The van der Waals surface area contributed by atoms with Crippen LogP contribution in [0.25, 0.3) is 0 Å². The van der Waals surface area contributed by atoms with Crippen LogP contribution in [0.2, 0.25) is 5.02 Å². The van der Waals surface area contributed by atoms with Gasteiger partial charge in [0.25, 0.3) is 15.9 Å². The van der Waals surface area contributed by atoms with E-state index in [-0.39, 0.29) is 32.8 Å². The van der Waals surface area contributed by atoms with Crippen molar-refractivity contribution in [3.05, 3.63) is 83.1 Å². The number of sulfonamides is 1. The van der Waals surface area contributed by atoms with Crippen LogP contribution in [0.15, 0.2) is 71.6 Å². The highest BCUT2D eigenvalue weighted by molar-refractivity contribution is 7.92. The number of hydrogen-bond donors (Lipinski definition) is 3. The van der Waals surface area contributed by atoms with Gasteiger partial charge in [-0.15, -0.1) is 0 Å². The molecule has 0 radical (unpaired) electrons. The lowest BCUT2D eigenvalue weighted by atomic mass is 10.2. The maximum absolute atomic E-state index is 14.5. The Morgan fingerprint density at radius 3 is 2.16 bits per heavy atom. The molecule has 0 unspecified atom stereocenters. The average Bonchev–Trinajstić information content (AvgIpc) is 2.70. The van der Waals surface area contributed by atoms with Gasteiger partial charge in [0.05, 0.1) is 21.2 Å². The molecule has 0 saturated heterocycles. The zero-order chi connectivity index (χ0) is 22.6. The smallest absolute Gasteiger partial charge is 0.261 e. The van der Waals surface area contributed by atoms with Gasteiger partial charge >= 0.3 is 0 Å². The van der Waals surface area contributed by atoms with E-state index in [4.69, 9.17) is 11.6 Å². The van der Waals surface area contributed by atoms with Gasteiger partial charge in [-0.1, -0.05) is 23.7 Å². The lowest BCUT2D eigenvalue weighted by molar-refractivity contribution is -0.114. The Balaban J connectivity index is 1.75. The number of anilines is 3. The van der Waals surface area contributed by atoms with Crippen molar-refractivity contribution in [1.29, 1.82) is 0 Å². The number of carbonyl (C=O) groups is 2. The van der Waals surface area contributed by atoms with Gasteiger partial charge in [0.15, 0.2) is 0 Å². The van der Waals surface area contributed by atoms with E-state index in [0.29, 0.717) is 5.69 Å². The molecule has 2 amide bonds. The lowest BCUT2D eigenvalue weighted by Gasteiger charge is -2.11. The predicted octanol–water partition coefficient (Wildman–Crippen LogP) is 4.49. The maximum atomic E-state index is 14.5. The van der Waals surface area contributed by atoms with Gasteiger partial charge in [-0.2, -0.15) is 0 Å². The van der Waals surface area contributed by atoms with Crippen LogP contribution in [0.1, 0.15) is 17.3 Å². The van der Waals surface area contributed by atoms with Crippen molar-refractivity contribution >= 4 is 50.5 Å².